The first kappa shape index (κ1) is 11.8. The number of nitrogens with zero attached hydrogens (tertiary/aromatic N) is 4. The van der Waals surface area contributed by atoms with E-state index in [0.717, 1.165) is 0 Å². The van der Waals surface area contributed by atoms with Gasteiger partial charge < -0.3 is 5.11 Å². The van der Waals surface area contributed by atoms with Gasteiger partial charge in [-0.2, -0.15) is 10.2 Å². The molecule has 1 amide bonds. The molecular formula is C11H11N5O2. The summed E-state index contributed by atoms with van der Waals surface area (Å²) < 4.78 is 1.38. The van der Waals surface area contributed by atoms with Crippen molar-refractivity contribution in [1.82, 2.24) is 20.2 Å². The van der Waals surface area contributed by atoms with Gasteiger partial charge in [-0.15, -0.1) is 0 Å². The second-order valence-electron chi connectivity index (χ2n) is 3.45. The quantitative estimate of drug-likeness (QED) is 0.591. The van der Waals surface area contributed by atoms with Gasteiger partial charge in [-0.05, 0) is 12.1 Å². The summed E-state index contributed by atoms with van der Waals surface area (Å²) in [5.74, 6) is -0.223. The predicted octanol–water partition coefficient (Wildman–Crippen LogP) is 0.134. The summed E-state index contributed by atoms with van der Waals surface area (Å²) in [6, 6.07) is 6.69. The van der Waals surface area contributed by atoms with Crippen molar-refractivity contribution in [2.24, 2.45) is 5.10 Å². The highest BCUT2D eigenvalue weighted by atomic mass is 16.3. The summed E-state index contributed by atoms with van der Waals surface area (Å²) in [5, 5.41) is 17.0. The molecule has 0 saturated carbocycles. The van der Waals surface area contributed by atoms with E-state index < -0.39 is 0 Å². The molecule has 0 aliphatic rings. The van der Waals surface area contributed by atoms with Crippen molar-refractivity contribution >= 4 is 12.1 Å². The molecule has 0 aliphatic carbocycles. The first-order valence-electron chi connectivity index (χ1n) is 5.18. The number of para-hydroxylation sites is 1. The number of phenols is 1. The zero-order valence-electron chi connectivity index (χ0n) is 9.39. The molecule has 1 heterocycles. The van der Waals surface area contributed by atoms with E-state index in [1.54, 1.807) is 24.3 Å². The van der Waals surface area contributed by atoms with E-state index in [1.807, 2.05) is 0 Å². The molecule has 0 fully saturated rings. The Morgan fingerprint density at radius 3 is 3.06 bits per heavy atom. The van der Waals surface area contributed by atoms with E-state index >= 15 is 0 Å². The fraction of sp³-hybridized carbons (Fsp3) is 0.0909. The molecule has 0 unspecified atom stereocenters. The van der Waals surface area contributed by atoms with Crippen molar-refractivity contribution < 1.29 is 9.90 Å². The number of aromatic hydroxyl groups is 1. The minimum absolute atomic E-state index is 0.0398. The molecule has 0 saturated heterocycles. The smallest absolute Gasteiger partial charge is 0.261 e. The van der Waals surface area contributed by atoms with Crippen LogP contribution in [0.2, 0.25) is 0 Å². The van der Waals surface area contributed by atoms with Gasteiger partial charge in [0.15, 0.2) is 0 Å². The molecule has 92 valence electrons. The SMILES string of the molecule is O=C(Cn1cncn1)N/N=C\c1ccccc1O. The Labute approximate surface area is 103 Å². The average molecular weight is 245 g/mol. The molecule has 0 bridgehead atoms. The van der Waals surface area contributed by atoms with Gasteiger partial charge in [0.05, 0.1) is 6.21 Å². The molecular weight excluding hydrogens is 234 g/mol. The highest BCUT2D eigenvalue weighted by Gasteiger charge is 2.01. The van der Waals surface area contributed by atoms with Gasteiger partial charge >= 0.3 is 0 Å². The number of amides is 1. The van der Waals surface area contributed by atoms with Crippen molar-refractivity contribution in [3.8, 4) is 5.75 Å². The second-order valence-corrected chi connectivity index (χ2v) is 3.45. The summed E-state index contributed by atoms with van der Waals surface area (Å²) in [4.78, 5) is 15.1. The van der Waals surface area contributed by atoms with E-state index in [4.69, 9.17) is 0 Å². The Morgan fingerprint density at radius 2 is 2.33 bits per heavy atom. The van der Waals surface area contributed by atoms with Crippen LogP contribution in [0.3, 0.4) is 0 Å². The van der Waals surface area contributed by atoms with Crippen LogP contribution in [0, 0.1) is 0 Å². The first-order chi connectivity index (χ1) is 8.75. The number of aromatic nitrogens is 3. The zero-order chi connectivity index (χ0) is 12.8. The topological polar surface area (TPSA) is 92.4 Å². The van der Waals surface area contributed by atoms with E-state index in [9.17, 15) is 9.90 Å². The Hall–Kier alpha value is -2.70. The van der Waals surface area contributed by atoms with Crippen LogP contribution in [0.1, 0.15) is 5.56 Å². The minimum Gasteiger partial charge on any atom is -0.507 e. The van der Waals surface area contributed by atoms with Gasteiger partial charge in [0.25, 0.3) is 5.91 Å². The molecule has 1 aromatic carbocycles. The number of phenolic OH excluding ortho intramolecular Hbond substituents is 1. The zero-order valence-corrected chi connectivity index (χ0v) is 9.39. The summed E-state index contributed by atoms with van der Waals surface area (Å²) in [6.45, 7) is 0.0398. The van der Waals surface area contributed by atoms with Gasteiger partial charge in [-0.3, -0.25) is 4.79 Å². The maximum Gasteiger partial charge on any atom is 0.261 e. The molecule has 18 heavy (non-hydrogen) atoms. The fourth-order valence-electron chi connectivity index (χ4n) is 1.27. The molecule has 0 radical (unpaired) electrons. The van der Waals surface area contributed by atoms with Gasteiger partial charge in [-0.1, -0.05) is 12.1 Å². The monoisotopic (exact) mass is 245 g/mol. The van der Waals surface area contributed by atoms with Crippen molar-refractivity contribution in [3.05, 3.63) is 42.5 Å². The number of nitrogens with one attached hydrogen (secondary N) is 1. The molecule has 2 rings (SSSR count). The fourth-order valence-corrected chi connectivity index (χ4v) is 1.27. The van der Waals surface area contributed by atoms with E-state index in [1.165, 1.54) is 23.6 Å². The number of carbonyl (C=O) groups is 1. The molecule has 0 spiro atoms. The lowest BCUT2D eigenvalue weighted by Crippen LogP contribution is -2.23. The van der Waals surface area contributed by atoms with Crippen LogP contribution in [0.5, 0.6) is 5.75 Å². The van der Waals surface area contributed by atoms with Crippen molar-refractivity contribution in [2.75, 3.05) is 0 Å². The second kappa shape index (κ2) is 5.58. The molecule has 0 atom stereocenters. The van der Waals surface area contributed by atoms with Crippen LogP contribution >= 0.6 is 0 Å². The van der Waals surface area contributed by atoms with Crippen LogP contribution in [-0.4, -0.2) is 32.0 Å². The third kappa shape index (κ3) is 3.14. The third-order valence-corrected chi connectivity index (χ3v) is 2.10. The van der Waals surface area contributed by atoms with Crippen molar-refractivity contribution in [1.29, 1.82) is 0 Å². The van der Waals surface area contributed by atoms with Crippen LogP contribution in [-0.2, 0) is 11.3 Å². The number of hydrazone groups is 1. The molecule has 1 aromatic heterocycles. The summed E-state index contributed by atoms with van der Waals surface area (Å²) in [6.07, 6.45) is 4.15. The van der Waals surface area contributed by atoms with E-state index in [2.05, 4.69) is 20.6 Å². The number of hydrogen-bond acceptors (Lipinski definition) is 5. The summed E-state index contributed by atoms with van der Waals surface area (Å²) in [7, 11) is 0. The molecule has 2 N–H and O–H groups in total. The lowest BCUT2D eigenvalue weighted by atomic mass is 10.2. The Balaban J connectivity index is 1.88. The number of carbonyl (C=O) groups excluding carboxylic acids is 1. The molecule has 0 aliphatic heterocycles. The average Bonchev–Trinajstić information content (AvgIpc) is 2.84. The molecule has 7 nitrogen and oxygen atoms in total. The Kier molecular flexibility index (Phi) is 3.65. The van der Waals surface area contributed by atoms with Gasteiger partial charge in [0, 0.05) is 5.56 Å². The lowest BCUT2D eigenvalue weighted by molar-refractivity contribution is -0.121. The van der Waals surface area contributed by atoms with Crippen molar-refractivity contribution in [3.63, 3.8) is 0 Å². The van der Waals surface area contributed by atoms with Crippen LogP contribution in [0.4, 0.5) is 0 Å². The van der Waals surface area contributed by atoms with Crippen LogP contribution < -0.4 is 5.43 Å². The predicted molar refractivity (Wildman–Crippen MR) is 63.9 cm³/mol. The maximum atomic E-state index is 11.4. The number of rotatable bonds is 4. The Morgan fingerprint density at radius 1 is 1.50 bits per heavy atom. The third-order valence-electron chi connectivity index (χ3n) is 2.10. The van der Waals surface area contributed by atoms with Gasteiger partial charge in [0.2, 0.25) is 0 Å². The summed E-state index contributed by atoms with van der Waals surface area (Å²) >= 11 is 0. The van der Waals surface area contributed by atoms with Crippen LogP contribution in [0.15, 0.2) is 42.0 Å². The number of hydrogen-bond donors (Lipinski definition) is 2. The largest absolute Gasteiger partial charge is 0.507 e. The van der Waals surface area contributed by atoms with E-state index in [0.29, 0.717) is 5.56 Å². The lowest BCUT2D eigenvalue weighted by Gasteiger charge is -1.99. The van der Waals surface area contributed by atoms with Gasteiger partial charge in [0.1, 0.15) is 24.9 Å². The minimum atomic E-state index is -0.327. The molecule has 7 heteroatoms. The maximum absolute atomic E-state index is 11.4. The normalized spacial score (nSPS) is 10.7. The Bertz CT molecular complexity index is 550. The summed E-state index contributed by atoms with van der Waals surface area (Å²) in [5.41, 5.74) is 2.85. The van der Waals surface area contributed by atoms with Crippen molar-refractivity contribution in [2.45, 2.75) is 6.54 Å². The highest BCUT2D eigenvalue weighted by Crippen LogP contribution is 2.12. The van der Waals surface area contributed by atoms with Crippen LogP contribution in [0.25, 0.3) is 0 Å². The highest BCUT2D eigenvalue weighted by molar-refractivity contribution is 5.84. The van der Waals surface area contributed by atoms with Gasteiger partial charge in [-0.25, -0.2) is 15.1 Å². The van der Waals surface area contributed by atoms with E-state index in [-0.39, 0.29) is 18.2 Å². The standard InChI is InChI=1S/C11H11N5O2/c17-10-4-2-1-3-9(10)5-13-15-11(18)6-16-8-12-7-14-16/h1-5,7-8,17H,6H2,(H,15,18)/b13-5-. The number of benzene rings is 1. The molecule has 2 aromatic rings. The first-order valence-corrected chi connectivity index (χ1v) is 5.18.